The quantitative estimate of drug-likeness (QED) is 0.489. The van der Waals surface area contributed by atoms with Crippen LogP contribution in [0.15, 0.2) is 58.3 Å². The molecular weight excluding hydrogens is 313 g/mol. The maximum atomic E-state index is 12.8. The van der Waals surface area contributed by atoms with Crippen LogP contribution in [0.5, 0.6) is 0 Å². The summed E-state index contributed by atoms with van der Waals surface area (Å²) in [6.45, 7) is 2.04. The fraction of sp³-hybridized carbons (Fsp3) is 0.188. The highest BCUT2D eigenvalue weighted by atomic mass is 32.2. The molecule has 1 unspecified atom stereocenters. The zero-order chi connectivity index (χ0) is 15.2. The van der Waals surface area contributed by atoms with Crippen molar-refractivity contribution >= 4 is 28.0 Å². The maximum Gasteiger partial charge on any atom is 0.323 e. The van der Waals surface area contributed by atoms with Gasteiger partial charge in [-0.2, -0.15) is 12.7 Å². The van der Waals surface area contributed by atoms with Crippen molar-refractivity contribution in [2.24, 2.45) is 0 Å². The predicted molar refractivity (Wildman–Crippen MR) is 86.2 cm³/mol. The first-order valence-electron chi connectivity index (χ1n) is 6.43. The van der Waals surface area contributed by atoms with Crippen LogP contribution in [0.2, 0.25) is 0 Å². The Bertz CT molecular complexity index is 615. The van der Waals surface area contributed by atoms with Gasteiger partial charge in [0, 0.05) is 15.5 Å². The van der Waals surface area contributed by atoms with Crippen molar-refractivity contribution in [1.29, 1.82) is 0 Å². The number of halogens is 3. The third-order valence-corrected chi connectivity index (χ3v) is 4.83. The van der Waals surface area contributed by atoms with Gasteiger partial charge >= 0.3 is 5.37 Å². The van der Waals surface area contributed by atoms with Gasteiger partial charge < -0.3 is 0 Å². The number of rotatable bonds is 5. The zero-order valence-corrected chi connectivity index (χ0v) is 13.1. The molecule has 5 heteroatoms. The summed E-state index contributed by atoms with van der Waals surface area (Å²) < 4.78 is 36.9. The van der Waals surface area contributed by atoms with Crippen LogP contribution in [0, 0.1) is 6.92 Å². The molecule has 0 amide bonds. The molecule has 0 aliphatic carbocycles. The van der Waals surface area contributed by atoms with Gasteiger partial charge in [0.1, 0.15) is 0 Å². The van der Waals surface area contributed by atoms with E-state index in [-0.39, 0.29) is 5.75 Å². The second kappa shape index (κ2) is 7.71. The summed E-state index contributed by atoms with van der Waals surface area (Å²) in [5.41, 5.74) is 2.09. The van der Waals surface area contributed by atoms with Gasteiger partial charge in [0.2, 0.25) is 0 Å². The lowest BCUT2D eigenvalue weighted by Crippen LogP contribution is -1.90. The van der Waals surface area contributed by atoms with Crippen LogP contribution >= 0.6 is 22.6 Å². The molecule has 0 spiro atoms. The molecule has 0 bridgehead atoms. The molecule has 0 saturated carbocycles. The molecule has 2 aromatic carbocycles. The first kappa shape index (κ1) is 16.2. The molecule has 0 saturated heterocycles. The molecule has 2 aromatic rings. The lowest BCUT2D eigenvalue weighted by molar-refractivity contribution is 0.638. The Labute approximate surface area is 129 Å². The monoisotopic (exact) mass is 328 g/mol. The van der Waals surface area contributed by atoms with Gasteiger partial charge in [0.05, 0.1) is 10.9 Å². The second-order valence-electron chi connectivity index (χ2n) is 4.57. The summed E-state index contributed by atoms with van der Waals surface area (Å²) in [4.78, 5) is 2.22. The molecule has 112 valence electrons. The van der Waals surface area contributed by atoms with E-state index in [0.717, 1.165) is 15.4 Å². The average Bonchev–Trinajstić information content (AvgIpc) is 2.48. The van der Waals surface area contributed by atoms with Crippen LogP contribution in [-0.2, 0) is 6.42 Å². The van der Waals surface area contributed by atoms with E-state index in [1.165, 1.54) is 5.56 Å². The maximum absolute atomic E-state index is 12.8. The smallest absolute Gasteiger partial charge is 0.168 e. The summed E-state index contributed by atoms with van der Waals surface area (Å²) in [5, 5.41) is -2.11. The van der Waals surface area contributed by atoms with Gasteiger partial charge in [-0.05, 0) is 43.2 Å². The summed E-state index contributed by atoms with van der Waals surface area (Å²) in [5.74, 6) is -0.146. The van der Waals surface area contributed by atoms with Crippen molar-refractivity contribution < 1.29 is 12.7 Å². The SMILES string of the molecule is Cc1ccc(Sc2ccc(CCS(F)=C(F)F)cc2)cc1. The van der Waals surface area contributed by atoms with Gasteiger partial charge in [-0.15, -0.1) is 0 Å². The topological polar surface area (TPSA) is 0 Å². The largest absolute Gasteiger partial charge is 0.323 e. The highest BCUT2D eigenvalue weighted by Crippen LogP contribution is 2.28. The normalized spacial score (nSPS) is 12.2. The van der Waals surface area contributed by atoms with Crippen molar-refractivity contribution in [1.82, 2.24) is 0 Å². The van der Waals surface area contributed by atoms with Gasteiger partial charge in [0.25, 0.3) is 0 Å². The van der Waals surface area contributed by atoms with Gasteiger partial charge in [0.15, 0.2) is 0 Å². The van der Waals surface area contributed by atoms with Crippen LogP contribution in [0.25, 0.3) is 0 Å². The van der Waals surface area contributed by atoms with Crippen LogP contribution in [0.4, 0.5) is 12.7 Å². The minimum atomic E-state index is -2.38. The first-order chi connectivity index (χ1) is 10.0. The lowest BCUT2D eigenvalue weighted by atomic mass is 10.2. The van der Waals surface area contributed by atoms with Crippen molar-refractivity contribution in [2.45, 2.75) is 23.1 Å². The summed E-state index contributed by atoms with van der Waals surface area (Å²) in [7, 11) is -2.38. The van der Waals surface area contributed by atoms with Gasteiger partial charge in [-0.25, -0.2) is 0 Å². The van der Waals surface area contributed by atoms with Crippen LogP contribution < -0.4 is 0 Å². The van der Waals surface area contributed by atoms with Crippen LogP contribution in [-0.4, -0.2) is 11.1 Å². The van der Waals surface area contributed by atoms with Gasteiger partial charge in [-0.1, -0.05) is 41.6 Å². The van der Waals surface area contributed by atoms with Crippen LogP contribution in [0.3, 0.4) is 0 Å². The standard InChI is InChI=1S/C16H15F3S2/c1-12-2-6-14(7-3-12)20-15-8-4-13(5-9-15)10-11-21(19)16(17)18/h2-9H,10-11H2,1H3. The predicted octanol–water partition coefficient (Wildman–Crippen LogP) is 5.87. The molecule has 0 aliphatic heterocycles. The fourth-order valence-corrected chi connectivity index (χ4v) is 3.14. The van der Waals surface area contributed by atoms with Crippen LogP contribution in [0.1, 0.15) is 11.1 Å². The fourth-order valence-electron chi connectivity index (χ4n) is 1.75. The highest BCUT2D eigenvalue weighted by Gasteiger charge is 2.04. The summed E-state index contributed by atoms with van der Waals surface area (Å²) in [6, 6.07) is 15.8. The summed E-state index contributed by atoms with van der Waals surface area (Å²) >= 11 is 1.64. The van der Waals surface area contributed by atoms with Crippen molar-refractivity contribution in [2.75, 3.05) is 5.75 Å². The Hall–Kier alpha value is -1.20. The van der Waals surface area contributed by atoms with Crippen molar-refractivity contribution in [3.8, 4) is 0 Å². The second-order valence-corrected chi connectivity index (χ2v) is 7.09. The molecule has 0 heterocycles. The first-order valence-corrected chi connectivity index (χ1v) is 8.54. The van der Waals surface area contributed by atoms with Gasteiger partial charge in [-0.3, -0.25) is 0 Å². The molecular formula is C16H15F3S2. The molecule has 21 heavy (non-hydrogen) atoms. The number of aryl methyl sites for hydroxylation is 2. The molecule has 0 aromatic heterocycles. The summed E-state index contributed by atoms with van der Waals surface area (Å²) in [6.07, 6.45) is 0.326. The Morgan fingerprint density at radius 3 is 2.00 bits per heavy atom. The number of hydrogen-bond acceptors (Lipinski definition) is 1. The van der Waals surface area contributed by atoms with E-state index >= 15 is 0 Å². The van der Waals surface area contributed by atoms with E-state index in [0.29, 0.717) is 6.42 Å². The molecule has 0 fully saturated rings. The minimum absolute atomic E-state index is 0.146. The van der Waals surface area contributed by atoms with Crippen molar-refractivity contribution in [3.63, 3.8) is 0 Å². The Morgan fingerprint density at radius 1 is 0.952 bits per heavy atom. The molecule has 0 nitrogen and oxygen atoms in total. The Morgan fingerprint density at radius 2 is 1.48 bits per heavy atom. The molecule has 0 radical (unpaired) electrons. The zero-order valence-electron chi connectivity index (χ0n) is 11.5. The third kappa shape index (κ3) is 5.25. The molecule has 1 atom stereocenters. The number of benzene rings is 2. The van der Waals surface area contributed by atoms with Crippen molar-refractivity contribution in [3.05, 3.63) is 59.7 Å². The van der Waals surface area contributed by atoms with E-state index in [1.54, 1.807) is 11.8 Å². The van der Waals surface area contributed by atoms with E-state index in [2.05, 4.69) is 24.3 Å². The molecule has 2 rings (SSSR count). The lowest BCUT2D eigenvalue weighted by Gasteiger charge is -2.04. The molecule has 0 N–H and O–H groups in total. The van der Waals surface area contributed by atoms with E-state index in [9.17, 15) is 12.7 Å². The minimum Gasteiger partial charge on any atom is -0.168 e. The Kier molecular flexibility index (Phi) is 5.94. The average molecular weight is 328 g/mol. The Balaban J connectivity index is 1.96. The number of hydrogen-bond donors (Lipinski definition) is 0. The van der Waals surface area contributed by atoms with E-state index in [1.807, 2.05) is 31.2 Å². The van der Waals surface area contributed by atoms with E-state index in [4.69, 9.17) is 0 Å². The third-order valence-electron chi connectivity index (χ3n) is 2.92. The highest BCUT2D eigenvalue weighted by molar-refractivity contribution is 8.11. The molecule has 0 aliphatic rings. The van der Waals surface area contributed by atoms with E-state index < -0.39 is 16.2 Å².